The molecular weight excluding hydrogens is 202 g/mol. The van der Waals surface area contributed by atoms with Gasteiger partial charge >= 0.3 is 0 Å². The van der Waals surface area contributed by atoms with Gasteiger partial charge in [0, 0.05) is 6.42 Å². The molecule has 1 aromatic carbocycles. The van der Waals surface area contributed by atoms with Crippen LogP contribution in [0.15, 0.2) is 18.2 Å². The van der Waals surface area contributed by atoms with Crippen molar-refractivity contribution in [3.63, 3.8) is 0 Å². The number of para-hydroxylation sites is 1. The Balaban J connectivity index is 2.01. The molecule has 0 bridgehead atoms. The summed E-state index contributed by atoms with van der Waals surface area (Å²) in [6, 6.07) is 5.77. The Morgan fingerprint density at radius 2 is 2.19 bits per heavy atom. The standard InChI is InChI=1S/C13H15NO2/c14-13(6-2-7-13)12(15)10-4-1-3-9-5-8-16-11(9)10/h1,3-4H,2,5-8,14H2. The first-order valence-corrected chi connectivity index (χ1v) is 5.79. The van der Waals surface area contributed by atoms with Crippen molar-refractivity contribution in [1.82, 2.24) is 0 Å². The SMILES string of the molecule is NC1(C(=O)c2cccc3c2OCC3)CCC1. The van der Waals surface area contributed by atoms with Crippen LogP contribution < -0.4 is 10.5 Å². The zero-order chi connectivity index (χ0) is 11.2. The molecule has 0 aromatic heterocycles. The number of rotatable bonds is 2. The van der Waals surface area contributed by atoms with Crippen molar-refractivity contribution >= 4 is 5.78 Å². The van der Waals surface area contributed by atoms with Crippen molar-refractivity contribution in [3.8, 4) is 5.75 Å². The number of Topliss-reactive ketones (excluding diaryl/α,β-unsaturated/α-hetero) is 1. The Labute approximate surface area is 94.6 Å². The number of fused-ring (bicyclic) bond motifs is 1. The molecule has 0 amide bonds. The second-order valence-electron chi connectivity index (χ2n) is 4.73. The lowest BCUT2D eigenvalue weighted by Gasteiger charge is -2.36. The average molecular weight is 217 g/mol. The van der Waals surface area contributed by atoms with E-state index in [-0.39, 0.29) is 5.78 Å². The van der Waals surface area contributed by atoms with Gasteiger partial charge in [-0.05, 0) is 30.9 Å². The minimum Gasteiger partial charge on any atom is -0.492 e. The van der Waals surface area contributed by atoms with Gasteiger partial charge in [0.15, 0.2) is 5.78 Å². The summed E-state index contributed by atoms with van der Waals surface area (Å²) < 4.78 is 5.54. The summed E-state index contributed by atoms with van der Waals surface area (Å²) in [4.78, 5) is 12.3. The van der Waals surface area contributed by atoms with E-state index in [0.29, 0.717) is 12.2 Å². The van der Waals surface area contributed by atoms with E-state index in [1.807, 2.05) is 18.2 Å². The molecule has 2 N–H and O–H groups in total. The number of ketones is 1. The summed E-state index contributed by atoms with van der Waals surface area (Å²) in [6.07, 6.45) is 3.55. The molecule has 0 saturated heterocycles. The molecule has 1 aromatic rings. The van der Waals surface area contributed by atoms with E-state index in [0.717, 1.165) is 37.0 Å². The lowest BCUT2D eigenvalue weighted by molar-refractivity contribution is 0.0797. The normalized spacial score (nSPS) is 20.8. The van der Waals surface area contributed by atoms with Gasteiger partial charge in [-0.25, -0.2) is 0 Å². The van der Waals surface area contributed by atoms with E-state index in [2.05, 4.69) is 0 Å². The van der Waals surface area contributed by atoms with E-state index < -0.39 is 5.54 Å². The third kappa shape index (κ3) is 1.28. The van der Waals surface area contributed by atoms with Crippen LogP contribution in [0.3, 0.4) is 0 Å². The quantitative estimate of drug-likeness (QED) is 0.767. The Bertz CT molecular complexity index is 449. The van der Waals surface area contributed by atoms with E-state index in [9.17, 15) is 4.79 Å². The van der Waals surface area contributed by atoms with Crippen LogP contribution in [-0.4, -0.2) is 17.9 Å². The Hall–Kier alpha value is -1.35. The molecule has 0 radical (unpaired) electrons. The van der Waals surface area contributed by atoms with Crippen molar-refractivity contribution in [1.29, 1.82) is 0 Å². The highest BCUT2D eigenvalue weighted by Crippen LogP contribution is 2.37. The summed E-state index contributed by atoms with van der Waals surface area (Å²) in [5.41, 5.74) is 7.25. The van der Waals surface area contributed by atoms with Gasteiger partial charge < -0.3 is 10.5 Å². The summed E-state index contributed by atoms with van der Waals surface area (Å²) >= 11 is 0. The van der Waals surface area contributed by atoms with Gasteiger partial charge in [-0.15, -0.1) is 0 Å². The molecule has 84 valence electrons. The van der Waals surface area contributed by atoms with Crippen molar-refractivity contribution < 1.29 is 9.53 Å². The van der Waals surface area contributed by atoms with Gasteiger partial charge in [0.25, 0.3) is 0 Å². The zero-order valence-electron chi connectivity index (χ0n) is 9.16. The van der Waals surface area contributed by atoms with E-state index in [1.54, 1.807) is 0 Å². The Morgan fingerprint density at radius 1 is 1.38 bits per heavy atom. The molecule has 16 heavy (non-hydrogen) atoms. The Kier molecular flexibility index (Phi) is 2.04. The minimum absolute atomic E-state index is 0.0532. The van der Waals surface area contributed by atoms with Crippen LogP contribution in [0.4, 0.5) is 0 Å². The van der Waals surface area contributed by atoms with Gasteiger partial charge in [0.1, 0.15) is 5.75 Å². The van der Waals surface area contributed by atoms with Crippen LogP contribution in [0.25, 0.3) is 0 Å². The molecule has 3 nitrogen and oxygen atoms in total. The number of carbonyl (C=O) groups is 1. The Morgan fingerprint density at radius 3 is 2.88 bits per heavy atom. The molecule has 0 unspecified atom stereocenters. The molecule has 1 heterocycles. The van der Waals surface area contributed by atoms with Gasteiger partial charge in [-0.3, -0.25) is 4.79 Å². The molecule has 3 heteroatoms. The predicted molar refractivity (Wildman–Crippen MR) is 60.7 cm³/mol. The van der Waals surface area contributed by atoms with Gasteiger partial charge in [-0.2, -0.15) is 0 Å². The molecule has 1 fully saturated rings. The summed E-state index contributed by atoms with van der Waals surface area (Å²) in [6.45, 7) is 0.678. The number of hydrogen-bond acceptors (Lipinski definition) is 3. The first kappa shape index (κ1) is 9.85. The summed E-state index contributed by atoms with van der Waals surface area (Å²) in [7, 11) is 0. The predicted octanol–water partition coefficient (Wildman–Crippen LogP) is 1.69. The first-order chi connectivity index (χ1) is 7.71. The molecule has 0 atom stereocenters. The topological polar surface area (TPSA) is 52.3 Å². The average Bonchev–Trinajstić information content (AvgIpc) is 2.72. The highest BCUT2D eigenvalue weighted by atomic mass is 16.5. The summed E-state index contributed by atoms with van der Waals surface area (Å²) in [5.74, 6) is 0.821. The van der Waals surface area contributed by atoms with Gasteiger partial charge in [0.2, 0.25) is 0 Å². The molecule has 2 aliphatic rings. The maximum absolute atomic E-state index is 12.3. The van der Waals surface area contributed by atoms with E-state index in [1.165, 1.54) is 0 Å². The lowest BCUT2D eigenvalue weighted by Crippen LogP contribution is -2.53. The highest BCUT2D eigenvalue weighted by molar-refractivity contribution is 6.06. The third-order valence-electron chi connectivity index (χ3n) is 3.66. The van der Waals surface area contributed by atoms with Crippen molar-refractivity contribution in [2.24, 2.45) is 5.73 Å². The maximum atomic E-state index is 12.3. The smallest absolute Gasteiger partial charge is 0.186 e. The maximum Gasteiger partial charge on any atom is 0.186 e. The lowest BCUT2D eigenvalue weighted by atomic mass is 9.72. The van der Waals surface area contributed by atoms with Crippen LogP contribution in [0.1, 0.15) is 35.2 Å². The molecule has 1 aliphatic carbocycles. The van der Waals surface area contributed by atoms with Crippen molar-refractivity contribution in [3.05, 3.63) is 29.3 Å². The summed E-state index contributed by atoms with van der Waals surface area (Å²) in [5, 5.41) is 0. The number of hydrogen-bond donors (Lipinski definition) is 1. The van der Waals surface area contributed by atoms with Crippen LogP contribution in [0.2, 0.25) is 0 Å². The van der Waals surface area contributed by atoms with E-state index >= 15 is 0 Å². The largest absolute Gasteiger partial charge is 0.492 e. The second kappa shape index (κ2) is 3.32. The van der Waals surface area contributed by atoms with Crippen LogP contribution in [0.5, 0.6) is 5.75 Å². The van der Waals surface area contributed by atoms with E-state index in [4.69, 9.17) is 10.5 Å². The van der Waals surface area contributed by atoms with Crippen LogP contribution in [0, 0.1) is 0 Å². The molecule has 1 aliphatic heterocycles. The molecule has 1 saturated carbocycles. The van der Waals surface area contributed by atoms with Crippen LogP contribution in [-0.2, 0) is 6.42 Å². The number of benzene rings is 1. The zero-order valence-corrected chi connectivity index (χ0v) is 9.16. The first-order valence-electron chi connectivity index (χ1n) is 5.79. The van der Waals surface area contributed by atoms with Crippen molar-refractivity contribution in [2.45, 2.75) is 31.2 Å². The fourth-order valence-corrected chi connectivity index (χ4v) is 2.45. The third-order valence-corrected chi connectivity index (χ3v) is 3.66. The number of carbonyl (C=O) groups excluding carboxylic acids is 1. The van der Waals surface area contributed by atoms with Crippen LogP contribution >= 0.6 is 0 Å². The monoisotopic (exact) mass is 217 g/mol. The molecule has 3 rings (SSSR count). The fourth-order valence-electron chi connectivity index (χ4n) is 2.45. The number of nitrogens with two attached hydrogens (primary N) is 1. The van der Waals surface area contributed by atoms with Crippen molar-refractivity contribution in [2.75, 3.05) is 6.61 Å². The van der Waals surface area contributed by atoms with Gasteiger partial charge in [0.05, 0.1) is 17.7 Å². The number of ether oxygens (including phenoxy) is 1. The highest BCUT2D eigenvalue weighted by Gasteiger charge is 2.42. The molecule has 0 spiro atoms. The fraction of sp³-hybridized carbons (Fsp3) is 0.462. The minimum atomic E-state index is -0.624. The van der Waals surface area contributed by atoms with Gasteiger partial charge in [-0.1, -0.05) is 12.1 Å². The molecular formula is C13H15NO2. The second-order valence-corrected chi connectivity index (χ2v) is 4.73.